The van der Waals surface area contributed by atoms with Gasteiger partial charge in [0.25, 0.3) is 0 Å². The lowest BCUT2D eigenvalue weighted by molar-refractivity contribution is -0.117. The van der Waals surface area contributed by atoms with Crippen LogP contribution in [0.15, 0.2) is 18.2 Å². The second-order valence-corrected chi connectivity index (χ2v) is 5.30. The number of carbonyl (C=O) groups excluding carboxylic acids is 1. The Morgan fingerprint density at radius 2 is 2.30 bits per heavy atom. The summed E-state index contributed by atoms with van der Waals surface area (Å²) in [4.78, 5) is 14.1. The highest BCUT2D eigenvalue weighted by atomic mass is 35.5. The van der Waals surface area contributed by atoms with Gasteiger partial charge in [0, 0.05) is 24.7 Å². The Bertz CT molecular complexity index is 536. The second-order valence-electron chi connectivity index (χ2n) is 4.89. The zero-order valence-corrected chi connectivity index (χ0v) is 11.9. The van der Waals surface area contributed by atoms with Crippen LogP contribution in [-0.2, 0) is 4.79 Å². The third-order valence-corrected chi connectivity index (χ3v) is 3.54. The summed E-state index contributed by atoms with van der Waals surface area (Å²) in [5.74, 6) is -0.100. The summed E-state index contributed by atoms with van der Waals surface area (Å²) in [7, 11) is 0. The van der Waals surface area contributed by atoms with Crippen LogP contribution in [0.5, 0.6) is 0 Å². The number of rotatable bonds is 6. The first-order valence-corrected chi connectivity index (χ1v) is 6.94. The van der Waals surface area contributed by atoms with E-state index in [0.717, 1.165) is 12.8 Å². The summed E-state index contributed by atoms with van der Waals surface area (Å²) in [6.07, 6.45) is 2.65. The molecule has 1 aromatic rings. The highest BCUT2D eigenvalue weighted by Crippen LogP contribution is 2.27. The van der Waals surface area contributed by atoms with Crippen LogP contribution in [0.1, 0.15) is 19.3 Å². The number of benzene rings is 1. The van der Waals surface area contributed by atoms with Crippen LogP contribution >= 0.6 is 11.6 Å². The van der Waals surface area contributed by atoms with Crippen molar-refractivity contribution in [2.75, 3.05) is 24.1 Å². The number of nitrogens with zero attached hydrogens (tertiary/aromatic N) is 2. The summed E-state index contributed by atoms with van der Waals surface area (Å²) in [5.41, 5.74) is 6.76. The Morgan fingerprint density at radius 1 is 1.55 bits per heavy atom. The third-order valence-electron chi connectivity index (χ3n) is 3.20. The highest BCUT2D eigenvalue weighted by molar-refractivity contribution is 6.33. The molecule has 0 radical (unpaired) electrons. The van der Waals surface area contributed by atoms with Gasteiger partial charge in [-0.25, -0.2) is 0 Å². The van der Waals surface area contributed by atoms with Gasteiger partial charge in [0.2, 0.25) is 5.91 Å². The molecule has 1 aliphatic carbocycles. The van der Waals surface area contributed by atoms with E-state index >= 15 is 0 Å². The minimum atomic E-state index is -0.100. The first-order valence-electron chi connectivity index (χ1n) is 6.56. The first-order chi connectivity index (χ1) is 9.60. The molecule has 6 heteroatoms. The van der Waals surface area contributed by atoms with Gasteiger partial charge in [0.15, 0.2) is 0 Å². The molecule has 2 rings (SSSR count). The molecule has 0 spiro atoms. The van der Waals surface area contributed by atoms with Gasteiger partial charge in [-0.15, -0.1) is 0 Å². The van der Waals surface area contributed by atoms with E-state index in [1.54, 1.807) is 18.2 Å². The van der Waals surface area contributed by atoms with Crippen molar-refractivity contribution in [3.05, 3.63) is 23.2 Å². The molecule has 0 heterocycles. The number of anilines is 2. The Balaban J connectivity index is 1.90. The van der Waals surface area contributed by atoms with Gasteiger partial charge < -0.3 is 11.1 Å². The van der Waals surface area contributed by atoms with Crippen molar-refractivity contribution in [1.29, 1.82) is 5.26 Å². The summed E-state index contributed by atoms with van der Waals surface area (Å²) in [6.45, 7) is 0.937. The van der Waals surface area contributed by atoms with E-state index in [2.05, 4.69) is 16.3 Å². The summed E-state index contributed by atoms with van der Waals surface area (Å²) in [5, 5.41) is 11.9. The van der Waals surface area contributed by atoms with E-state index in [-0.39, 0.29) is 5.91 Å². The van der Waals surface area contributed by atoms with Gasteiger partial charge in [-0.05, 0) is 31.0 Å². The second kappa shape index (κ2) is 6.60. The fraction of sp³-hybridized carbons (Fsp3) is 0.429. The predicted octanol–water partition coefficient (Wildman–Crippen LogP) is 2.24. The van der Waals surface area contributed by atoms with Crippen LogP contribution in [0.3, 0.4) is 0 Å². The van der Waals surface area contributed by atoms with Crippen molar-refractivity contribution in [3.8, 4) is 6.07 Å². The molecule has 0 aromatic heterocycles. The van der Waals surface area contributed by atoms with Crippen LogP contribution in [0.4, 0.5) is 11.4 Å². The van der Waals surface area contributed by atoms with Crippen molar-refractivity contribution in [3.63, 3.8) is 0 Å². The summed E-state index contributed by atoms with van der Waals surface area (Å²) < 4.78 is 0. The lowest BCUT2D eigenvalue weighted by Crippen LogP contribution is -2.35. The Kier molecular flexibility index (Phi) is 4.83. The minimum Gasteiger partial charge on any atom is -0.397 e. The Morgan fingerprint density at radius 3 is 2.90 bits per heavy atom. The van der Waals surface area contributed by atoms with E-state index in [1.807, 2.05) is 0 Å². The summed E-state index contributed by atoms with van der Waals surface area (Å²) in [6, 6.07) is 7.57. The van der Waals surface area contributed by atoms with Crippen LogP contribution in [-0.4, -0.2) is 29.9 Å². The molecular formula is C14H17ClN4O. The Hall–Kier alpha value is -1.77. The monoisotopic (exact) mass is 292 g/mol. The minimum absolute atomic E-state index is 0.100. The quantitative estimate of drug-likeness (QED) is 0.788. The number of nitrogens with one attached hydrogen (secondary N) is 1. The van der Waals surface area contributed by atoms with Crippen molar-refractivity contribution in [2.45, 2.75) is 25.3 Å². The standard InChI is InChI=1S/C14H17ClN4O/c15-12-5-2-10(8-13(12)17)18-14(20)9-19(7-1-6-16)11-3-4-11/h2,5,8,11H,1,3-4,7,9,17H2,(H,18,20). The number of carbonyl (C=O) groups is 1. The third kappa shape index (κ3) is 4.12. The first kappa shape index (κ1) is 14.6. The zero-order chi connectivity index (χ0) is 14.5. The van der Waals surface area contributed by atoms with E-state index in [1.165, 1.54) is 0 Å². The maximum atomic E-state index is 12.0. The molecule has 20 heavy (non-hydrogen) atoms. The van der Waals surface area contributed by atoms with Gasteiger partial charge in [0.1, 0.15) is 0 Å². The van der Waals surface area contributed by atoms with E-state index in [0.29, 0.717) is 41.9 Å². The summed E-state index contributed by atoms with van der Waals surface area (Å²) >= 11 is 5.83. The van der Waals surface area contributed by atoms with Gasteiger partial charge >= 0.3 is 0 Å². The van der Waals surface area contributed by atoms with E-state index < -0.39 is 0 Å². The number of amides is 1. The molecule has 106 valence electrons. The number of hydrogen-bond acceptors (Lipinski definition) is 4. The molecule has 3 N–H and O–H groups in total. The molecule has 1 saturated carbocycles. The van der Waals surface area contributed by atoms with Crippen molar-refractivity contribution < 1.29 is 4.79 Å². The van der Waals surface area contributed by atoms with Crippen LogP contribution < -0.4 is 11.1 Å². The van der Waals surface area contributed by atoms with E-state index in [4.69, 9.17) is 22.6 Å². The van der Waals surface area contributed by atoms with E-state index in [9.17, 15) is 4.79 Å². The predicted molar refractivity (Wildman–Crippen MR) is 79.3 cm³/mol. The van der Waals surface area contributed by atoms with Gasteiger partial charge in [-0.3, -0.25) is 9.69 Å². The fourth-order valence-corrected chi connectivity index (χ4v) is 2.15. The number of nitriles is 1. The van der Waals surface area contributed by atoms with Crippen molar-refractivity contribution in [1.82, 2.24) is 4.90 Å². The van der Waals surface area contributed by atoms with Gasteiger partial charge in [-0.1, -0.05) is 11.6 Å². The number of hydrogen-bond donors (Lipinski definition) is 2. The topological polar surface area (TPSA) is 82.2 Å². The molecular weight excluding hydrogens is 276 g/mol. The average molecular weight is 293 g/mol. The number of halogens is 1. The van der Waals surface area contributed by atoms with Crippen LogP contribution in [0.2, 0.25) is 5.02 Å². The van der Waals surface area contributed by atoms with Crippen molar-refractivity contribution >= 4 is 28.9 Å². The molecule has 5 nitrogen and oxygen atoms in total. The lowest BCUT2D eigenvalue weighted by Gasteiger charge is -2.20. The maximum Gasteiger partial charge on any atom is 0.238 e. The molecule has 1 fully saturated rings. The zero-order valence-electron chi connectivity index (χ0n) is 11.1. The molecule has 1 aliphatic rings. The van der Waals surface area contributed by atoms with Crippen LogP contribution in [0, 0.1) is 11.3 Å². The largest absolute Gasteiger partial charge is 0.397 e. The van der Waals surface area contributed by atoms with Crippen LogP contribution in [0.25, 0.3) is 0 Å². The highest BCUT2D eigenvalue weighted by Gasteiger charge is 2.29. The fourth-order valence-electron chi connectivity index (χ4n) is 2.03. The van der Waals surface area contributed by atoms with Gasteiger partial charge in [0.05, 0.1) is 23.3 Å². The maximum absolute atomic E-state index is 12.0. The normalized spacial score (nSPS) is 14.1. The molecule has 1 aromatic carbocycles. The number of nitrogen functional groups attached to an aromatic ring is 1. The smallest absolute Gasteiger partial charge is 0.238 e. The average Bonchev–Trinajstić information content (AvgIpc) is 3.23. The van der Waals surface area contributed by atoms with Gasteiger partial charge in [-0.2, -0.15) is 5.26 Å². The lowest BCUT2D eigenvalue weighted by atomic mass is 10.2. The molecule has 0 aliphatic heterocycles. The number of nitrogens with two attached hydrogens (primary N) is 1. The SMILES string of the molecule is N#CCCN(CC(=O)Nc1ccc(Cl)c(N)c1)C1CC1. The molecule has 0 saturated heterocycles. The molecule has 0 unspecified atom stereocenters. The van der Waals surface area contributed by atoms with Crippen molar-refractivity contribution in [2.24, 2.45) is 0 Å². The Labute approximate surface area is 123 Å². The molecule has 0 atom stereocenters. The molecule has 1 amide bonds. The molecule has 0 bridgehead atoms.